The molecule has 0 radical (unpaired) electrons. The largest absolute Gasteiger partial charge is 0.354 e. The maximum Gasteiger partial charge on any atom is 0.0529 e. The van der Waals surface area contributed by atoms with Crippen LogP contribution in [0.3, 0.4) is 0 Å². The lowest BCUT2D eigenvalue weighted by molar-refractivity contribution is 1.23. The third-order valence-electron chi connectivity index (χ3n) is 4.04. The van der Waals surface area contributed by atoms with Crippen molar-refractivity contribution < 1.29 is 0 Å². The predicted molar refractivity (Wildman–Crippen MR) is 100 cm³/mol. The van der Waals surface area contributed by atoms with Crippen LogP contribution < -0.4 is 5.32 Å². The van der Waals surface area contributed by atoms with E-state index in [2.05, 4.69) is 79.8 Å². The number of benzene rings is 3. The van der Waals surface area contributed by atoms with Gasteiger partial charge in [-0.15, -0.1) is 0 Å². The minimum absolute atomic E-state index is 1.17. The normalized spacial score (nSPS) is 12.8. The van der Waals surface area contributed by atoms with E-state index in [4.69, 9.17) is 0 Å². The molecular formula is C20H17NS2. The van der Waals surface area contributed by atoms with Crippen LogP contribution in [0.2, 0.25) is 0 Å². The molecule has 1 N–H and O–H groups in total. The third-order valence-corrected chi connectivity index (χ3v) is 6.46. The van der Waals surface area contributed by atoms with Gasteiger partial charge in [0.2, 0.25) is 0 Å². The van der Waals surface area contributed by atoms with Crippen molar-refractivity contribution in [3.8, 4) is 0 Å². The Hall–Kier alpha value is -1.84. The van der Waals surface area contributed by atoms with Gasteiger partial charge >= 0.3 is 0 Å². The summed E-state index contributed by atoms with van der Waals surface area (Å²) in [5, 5.41) is 3.64. The summed E-state index contributed by atoms with van der Waals surface area (Å²) in [7, 11) is 0. The highest BCUT2D eigenvalue weighted by Crippen LogP contribution is 2.46. The molecule has 0 unspecified atom stereocenters. The van der Waals surface area contributed by atoms with E-state index in [1.807, 2.05) is 23.5 Å². The summed E-state index contributed by atoms with van der Waals surface area (Å²) in [6, 6.07) is 21.7. The van der Waals surface area contributed by atoms with Gasteiger partial charge in [-0.05, 0) is 61.4 Å². The minimum atomic E-state index is 1.17. The number of hydrogen-bond acceptors (Lipinski definition) is 3. The van der Waals surface area contributed by atoms with E-state index in [0.29, 0.717) is 0 Å². The van der Waals surface area contributed by atoms with Crippen molar-refractivity contribution in [2.24, 2.45) is 0 Å². The molecule has 1 heterocycles. The molecule has 3 aromatic rings. The Labute approximate surface area is 145 Å². The van der Waals surface area contributed by atoms with E-state index >= 15 is 0 Å². The molecule has 23 heavy (non-hydrogen) atoms. The summed E-state index contributed by atoms with van der Waals surface area (Å²) >= 11 is 3.67. The molecule has 3 heteroatoms. The summed E-state index contributed by atoms with van der Waals surface area (Å²) < 4.78 is 0. The fraction of sp³-hybridized carbons (Fsp3) is 0.100. The average Bonchev–Trinajstić information content (AvgIpc) is 2.61. The van der Waals surface area contributed by atoms with Crippen LogP contribution in [-0.2, 0) is 0 Å². The monoisotopic (exact) mass is 335 g/mol. The SMILES string of the molecule is Cc1cc2c(cc1C)Sc1ccccc1Sc1ccccc1N2. The molecule has 3 aromatic carbocycles. The van der Waals surface area contributed by atoms with Crippen molar-refractivity contribution in [3.63, 3.8) is 0 Å². The van der Waals surface area contributed by atoms with Crippen LogP contribution in [0.25, 0.3) is 0 Å². The van der Waals surface area contributed by atoms with Crippen molar-refractivity contribution >= 4 is 34.9 Å². The van der Waals surface area contributed by atoms with Gasteiger partial charge in [-0.3, -0.25) is 0 Å². The first kappa shape index (κ1) is 14.7. The van der Waals surface area contributed by atoms with Crippen molar-refractivity contribution in [3.05, 3.63) is 71.8 Å². The number of hydrogen-bond donors (Lipinski definition) is 1. The second kappa shape index (κ2) is 5.99. The van der Waals surface area contributed by atoms with Gasteiger partial charge in [0.15, 0.2) is 0 Å². The van der Waals surface area contributed by atoms with Gasteiger partial charge in [-0.2, -0.15) is 0 Å². The minimum Gasteiger partial charge on any atom is -0.354 e. The zero-order chi connectivity index (χ0) is 15.8. The van der Waals surface area contributed by atoms with Crippen LogP contribution in [-0.4, -0.2) is 0 Å². The van der Waals surface area contributed by atoms with E-state index in [1.165, 1.54) is 42.1 Å². The molecule has 0 aromatic heterocycles. The van der Waals surface area contributed by atoms with E-state index in [-0.39, 0.29) is 0 Å². The number of fused-ring (bicyclic) bond motifs is 3. The standard InChI is InChI=1S/C20H17NS2/c1-13-11-16-20(12-14(13)2)23-19-10-6-5-9-18(19)22-17-8-4-3-7-15(17)21-16/h3-12,21H,1-2H3. The Kier molecular flexibility index (Phi) is 3.83. The molecular weight excluding hydrogens is 318 g/mol. The molecule has 1 aliphatic rings. The molecule has 0 fully saturated rings. The second-order valence-corrected chi connectivity index (χ2v) is 7.87. The fourth-order valence-electron chi connectivity index (χ4n) is 2.63. The summed E-state index contributed by atoms with van der Waals surface area (Å²) in [5.74, 6) is 0. The Balaban J connectivity index is 1.96. The van der Waals surface area contributed by atoms with E-state index in [1.54, 1.807) is 0 Å². The zero-order valence-electron chi connectivity index (χ0n) is 13.1. The smallest absolute Gasteiger partial charge is 0.0529 e. The second-order valence-electron chi connectivity index (χ2n) is 5.70. The first-order valence-corrected chi connectivity index (χ1v) is 9.26. The van der Waals surface area contributed by atoms with Crippen LogP contribution in [0.15, 0.2) is 80.2 Å². The lowest BCUT2D eigenvalue weighted by Gasteiger charge is -2.14. The van der Waals surface area contributed by atoms with Crippen LogP contribution >= 0.6 is 23.5 Å². The fourth-order valence-corrected chi connectivity index (χ4v) is 4.82. The lowest BCUT2D eigenvalue weighted by atomic mass is 10.1. The summed E-state index contributed by atoms with van der Waals surface area (Å²) in [5.41, 5.74) is 4.99. The molecule has 0 saturated carbocycles. The molecule has 0 aliphatic carbocycles. The van der Waals surface area contributed by atoms with Crippen LogP contribution in [0, 0.1) is 13.8 Å². The molecule has 114 valence electrons. The third kappa shape index (κ3) is 2.87. The number of aryl methyl sites for hydroxylation is 2. The molecule has 0 saturated heterocycles. The first-order chi connectivity index (χ1) is 11.2. The maximum atomic E-state index is 3.64. The van der Waals surface area contributed by atoms with Gasteiger partial charge in [-0.1, -0.05) is 47.8 Å². The number of nitrogens with one attached hydrogen (secondary N) is 1. The molecule has 1 aliphatic heterocycles. The quantitative estimate of drug-likeness (QED) is 0.386. The van der Waals surface area contributed by atoms with Gasteiger partial charge in [0, 0.05) is 19.6 Å². The van der Waals surface area contributed by atoms with Crippen molar-refractivity contribution in [2.75, 3.05) is 5.32 Å². The highest BCUT2D eigenvalue weighted by molar-refractivity contribution is 8.02. The number of anilines is 2. The van der Waals surface area contributed by atoms with E-state index < -0.39 is 0 Å². The highest BCUT2D eigenvalue weighted by Gasteiger charge is 2.15. The van der Waals surface area contributed by atoms with Crippen molar-refractivity contribution in [1.82, 2.24) is 0 Å². The van der Waals surface area contributed by atoms with Crippen molar-refractivity contribution in [2.45, 2.75) is 33.4 Å². The van der Waals surface area contributed by atoms with Gasteiger partial charge in [0.25, 0.3) is 0 Å². The molecule has 0 bridgehead atoms. The number of para-hydroxylation sites is 1. The molecule has 1 nitrogen and oxygen atoms in total. The van der Waals surface area contributed by atoms with Crippen LogP contribution in [0.5, 0.6) is 0 Å². The van der Waals surface area contributed by atoms with Gasteiger partial charge in [-0.25, -0.2) is 0 Å². The molecule has 0 atom stereocenters. The van der Waals surface area contributed by atoms with Crippen molar-refractivity contribution in [1.29, 1.82) is 0 Å². The lowest BCUT2D eigenvalue weighted by Crippen LogP contribution is -1.95. The van der Waals surface area contributed by atoms with Gasteiger partial charge in [0.05, 0.1) is 11.4 Å². The van der Waals surface area contributed by atoms with E-state index in [9.17, 15) is 0 Å². The number of rotatable bonds is 0. The highest BCUT2D eigenvalue weighted by atomic mass is 32.2. The van der Waals surface area contributed by atoms with Crippen LogP contribution in [0.4, 0.5) is 11.4 Å². The Morgan fingerprint density at radius 2 is 1.17 bits per heavy atom. The first-order valence-electron chi connectivity index (χ1n) is 7.63. The van der Waals surface area contributed by atoms with Crippen LogP contribution in [0.1, 0.15) is 11.1 Å². The predicted octanol–water partition coefficient (Wildman–Crippen LogP) is 6.66. The topological polar surface area (TPSA) is 12.0 Å². The summed E-state index contributed by atoms with van der Waals surface area (Å²) in [6.45, 7) is 4.35. The molecule has 4 rings (SSSR count). The molecule has 0 amide bonds. The van der Waals surface area contributed by atoms with Gasteiger partial charge < -0.3 is 5.32 Å². The van der Waals surface area contributed by atoms with Gasteiger partial charge in [0.1, 0.15) is 0 Å². The molecule has 0 spiro atoms. The Morgan fingerprint density at radius 1 is 0.609 bits per heavy atom. The maximum absolute atomic E-state index is 3.64. The average molecular weight is 335 g/mol. The summed E-state index contributed by atoms with van der Waals surface area (Å²) in [4.78, 5) is 5.14. The Morgan fingerprint density at radius 3 is 1.91 bits per heavy atom. The zero-order valence-corrected chi connectivity index (χ0v) is 14.7. The Bertz CT molecular complexity index is 814. The summed E-state index contributed by atoms with van der Waals surface area (Å²) in [6.07, 6.45) is 0. The van der Waals surface area contributed by atoms with E-state index in [0.717, 1.165) is 0 Å².